The molecule has 5 heteroatoms. The Balaban J connectivity index is 1.99. The third-order valence-corrected chi connectivity index (χ3v) is 2.98. The molecule has 84 valence electrons. The lowest BCUT2D eigenvalue weighted by atomic mass is 10.3. The van der Waals surface area contributed by atoms with Gasteiger partial charge in [-0.15, -0.1) is 5.10 Å². The Morgan fingerprint density at radius 2 is 2.31 bits per heavy atom. The van der Waals surface area contributed by atoms with Crippen LogP contribution in [-0.4, -0.2) is 33.7 Å². The van der Waals surface area contributed by atoms with Crippen molar-refractivity contribution >= 4 is 11.6 Å². The van der Waals surface area contributed by atoms with Gasteiger partial charge in [-0.25, -0.2) is 4.52 Å². The Morgan fingerprint density at radius 1 is 1.44 bits per heavy atom. The van der Waals surface area contributed by atoms with Gasteiger partial charge >= 0.3 is 0 Å². The molecular weight excluding hydrogens is 202 g/mol. The van der Waals surface area contributed by atoms with Crippen molar-refractivity contribution < 1.29 is 0 Å². The van der Waals surface area contributed by atoms with Crippen molar-refractivity contribution in [3.8, 4) is 0 Å². The zero-order chi connectivity index (χ0) is 11.1. The van der Waals surface area contributed by atoms with Crippen LogP contribution in [0.25, 0.3) is 5.65 Å². The Kier molecular flexibility index (Phi) is 2.07. The second-order valence-corrected chi connectivity index (χ2v) is 4.42. The molecule has 0 radical (unpaired) electrons. The van der Waals surface area contributed by atoms with Gasteiger partial charge in [0.1, 0.15) is 0 Å². The summed E-state index contributed by atoms with van der Waals surface area (Å²) in [6.07, 6.45) is 3.01. The Hall–Kier alpha value is -1.62. The number of nitrogens with zero attached hydrogens (tertiary/aromatic N) is 4. The van der Waals surface area contributed by atoms with Crippen LogP contribution in [0.4, 0.5) is 5.95 Å². The van der Waals surface area contributed by atoms with Gasteiger partial charge in [-0.05, 0) is 25.0 Å². The van der Waals surface area contributed by atoms with E-state index in [9.17, 15) is 0 Å². The normalized spacial score (nSPS) is 20.9. The number of anilines is 1. The van der Waals surface area contributed by atoms with Gasteiger partial charge in [-0.1, -0.05) is 6.07 Å². The van der Waals surface area contributed by atoms with Gasteiger partial charge in [0.15, 0.2) is 5.65 Å². The highest BCUT2D eigenvalue weighted by Gasteiger charge is 2.22. The number of nitrogens with two attached hydrogens (primary N) is 1. The minimum atomic E-state index is 0.258. The molecular formula is C11H15N5. The largest absolute Gasteiger partial charge is 0.338 e. The average molecular weight is 217 g/mol. The van der Waals surface area contributed by atoms with Crippen molar-refractivity contribution in [1.29, 1.82) is 0 Å². The number of aryl methyl sites for hydroxylation is 1. The smallest absolute Gasteiger partial charge is 0.245 e. The first kappa shape index (κ1) is 9.59. The summed E-state index contributed by atoms with van der Waals surface area (Å²) in [6.45, 7) is 3.86. The van der Waals surface area contributed by atoms with Gasteiger partial charge in [0, 0.05) is 25.3 Å². The van der Waals surface area contributed by atoms with Crippen LogP contribution in [0.15, 0.2) is 18.3 Å². The van der Waals surface area contributed by atoms with Crippen LogP contribution in [-0.2, 0) is 0 Å². The molecule has 0 aromatic carbocycles. The van der Waals surface area contributed by atoms with Crippen LogP contribution in [0.3, 0.4) is 0 Å². The zero-order valence-electron chi connectivity index (χ0n) is 9.30. The molecule has 3 heterocycles. The highest BCUT2D eigenvalue weighted by Crippen LogP contribution is 2.16. The third kappa shape index (κ3) is 1.53. The molecule has 1 fully saturated rings. The molecule has 1 atom stereocenters. The fourth-order valence-corrected chi connectivity index (χ4v) is 2.08. The summed E-state index contributed by atoms with van der Waals surface area (Å²) in [7, 11) is 0. The standard InChI is InChI=1S/C11H15N5/c1-8-2-3-10-13-11(14-16(10)6-8)15-5-4-9(12)7-15/h2-3,6,9H,4-5,7,12H2,1H3. The van der Waals surface area contributed by atoms with Gasteiger partial charge in [-0.3, -0.25) is 0 Å². The highest BCUT2D eigenvalue weighted by molar-refractivity contribution is 5.46. The van der Waals surface area contributed by atoms with E-state index in [0.29, 0.717) is 0 Å². The number of hydrogen-bond acceptors (Lipinski definition) is 4. The van der Waals surface area contributed by atoms with Crippen molar-refractivity contribution in [2.45, 2.75) is 19.4 Å². The minimum absolute atomic E-state index is 0.258. The maximum Gasteiger partial charge on any atom is 0.245 e. The Morgan fingerprint density at radius 3 is 3.06 bits per heavy atom. The second-order valence-electron chi connectivity index (χ2n) is 4.42. The number of fused-ring (bicyclic) bond motifs is 1. The lowest BCUT2D eigenvalue weighted by molar-refractivity contribution is 0.750. The van der Waals surface area contributed by atoms with Crippen LogP contribution in [0.1, 0.15) is 12.0 Å². The van der Waals surface area contributed by atoms with Crippen LogP contribution in [0, 0.1) is 6.92 Å². The van der Waals surface area contributed by atoms with Crippen molar-refractivity contribution in [3.63, 3.8) is 0 Å². The van der Waals surface area contributed by atoms with Crippen LogP contribution in [0.2, 0.25) is 0 Å². The number of hydrogen-bond donors (Lipinski definition) is 1. The fraction of sp³-hybridized carbons (Fsp3) is 0.455. The van der Waals surface area contributed by atoms with E-state index < -0.39 is 0 Å². The third-order valence-electron chi connectivity index (χ3n) is 2.98. The van der Waals surface area contributed by atoms with E-state index in [1.807, 2.05) is 29.8 Å². The monoisotopic (exact) mass is 217 g/mol. The van der Waals surface area contributed by atoms with Crippen LogP contribution < -0.4 is 10.6 Å². The van der Waals surface area contributed by atoms with E-state index in [1.54, 1.807) is 0 Å². The number of aromatic nitrogens is 3. The topological polar surface area (TPSA) is 59.5 Å². The summed E-state index contributed by atoms with van der Waals surface area (Å²) >= 11 is 0. The van der Waals surface area contributed by atoms with Crippen LogP contribution >= 0.6 is 0 Å². The Bertz CT molecular complexity index is 518. The summed E-state index contributed by atoms with van der Waals surface area (Å²) in [5.41, 5.74) is 7.95. The molecule has 2 aromatic rings. The van der Waals surface area contributed by atoms with E-state index in [-0.39, 0.29) is 6.04 Å². The quantitative estimate of drug-likeness (QED) is 0.759. The van der Waals surface area contributed by atoms with Gasteiger partial charge in [-0.2, -0.15) is 4.98 Å². The Labute approximate surface area is 93.9 Å². The SMILES string of the molecule is Cc1ccc2nc(N3CCC(N)C3)nn2c1. The van der Waals surface area contributed by atoms with E-state index in [1.165, 1.54) is 5.56 Å². The molecule has 2 aromatic heterocycles. The van der Waals surface area contributed by atoms with E-state index in [4.69, 9.17) is 5.73 Å². The maximum atomic E-state index is 5.88. The molecule has 5 nitrogen and oxygen atoms in total. The predicted octanol–water partition coefficient (Wildman–Crippen LogP) is 0.575. The summed E-state index contributed by atoms with van der Waals surface area (Å²) < 4.78 is 1.83. The van der Waals surface area contributed by atoms with E-state index in [0.717, 1.165) is 31.1 Å². The van der Waals surface area contributed by atoms with E-state index in [2.05, 4.69) is 15.0 Å². The lowest BCUT2D eigenvalue weighted by Crippen LogP contribution is -2.27. The maximum absolute atomic E-state index is 5.88. The van der Waals surface area contributed by atoms with Gasteiger partial charge in [0.2, 0.25) is 5.95 Å². The first-order valence-corrected chi connectivity index (χ1v) is 5.56. The molecule has 1 unspecified atom stereocenters. The molecule has 0 saturated carbocycles. The van der Waals surface area contributed by atoms with E-state index >= 15 is 0 Å². The molecule has 1 aliphatic heterocycles. The number of pyridine rings is 1. The molecule has 0 amide bonds. The van der Waals surface area contributed by atoms with Gasteiger partial charge in [0.05, 0.1) is 0 Å². The molecule has 2 N–H and O–H groups in total. The summed E-state index contributed by atoms with van der Waals surface area (Å²) in [4.78, 5) is 6.64. The molecule has 1 aliphatic rings. The summed E-state index contributed by atoms with van der Waals surface area (Å²) in [5.74, 6) is 0.790. The van der Waals surface area contributed by atoms with Gasteiger partial charge < -0.3 is 10.6 Å². The number of rotatable bonds is 1. The summed E-state index contributed by atoms with van der Waals surface area (Å²) in [6, 6.07) is 4.29. The first-order valence-electron chi connectivity index (χ1n) is 5.56. The summed E-state index contributed by atoms with van der Waals surface area (Å²) in [5, 5.41) is 4.47. The predicted molar refractivity (Wildman–Crippen MR) is 62.5 cm³/mol. The van der Waals surface area contributed by atoms with Crippen molar-refractivity contribution in [1.82, 2.24) is 14.6 Å². The zero-order valence-corrected chi connectivity index (χ0v) is 9.30. The lowest BCUT2D eigenvalue weighted by Gasteiger charge is -2.11. The fourth-order valence-electron chi connectivity index (χ4n) is 2.08. The molecule has 16 heavy (non-hydrogen) atoms. The first-order chi connectivity index (χ1) is 7.72. The van der Waals surface area contributed by atoms with Gasteiger partial charge in [0.25, 0.3) is 0 Å². The van der Waals surface area contributed by atoms with Crippen molar-refractivity contribution in [3.05, 3.63) is 23.9 Å². The average Bonchev–Trinajstić information content (AvgIpc) is 2.83. The highest BCUT2D eigenvalue weighted by atomic mass is 15.4. The molecule has 0 bridgehead atoms. The molecule has 0 spiro atoms. The van der Waals surface area contributed by atoms with Crippen LogP contribution in [0.5, 0.6) is 0 Å². The minimum Gasteiger partial charge on any atom is -0.338 e. The second kappa shape index (κ2) is 3.45. The molecule has 1 saturated heterocycles. The molecule has 0 aliphatic carbocycles. The van der Waals surface area contributed by atoms with Crippen molar-refractivity contribution in [2.75, 3.05) is 18.0 Å². The molecule has 3 rings (SSSR count). The van der Waals surface area contributed by atoms with Crippen molar-refractivity contribution in [2.24, 2.45) is 5.73 Å².